The number of benzene rings is 3. The van der Waals surface area contributed by atoms with Gasteiger partial charge in [0, 0.05) is 17.4 Å². The zero-order valence-electron chi connectivity index (χ0n) is 13.5. The molecule has 0 unspecified atom stereocenters. The third-order valence-electron chi connectivity index (χ3n) is 3.83. The molecule has 2 N–H and O–H groups in total. The summed E-state index contributed by atoms with van der Waals surface area (Å²) in [6.45, 7) is 0. The minimum atomic E-state index is -1.97. The van der Waals surface area contributed by atoms with Crippen LogP contribution in [-0.2, 0) is 0 Å². The van der Waals surface area contributed by atoms with Crippen LogP contribution in [0.15, 0.2) is 72.8 Å². The highest BCUT2D eigenvalue weighted by Crippen LogP contribution is 2.35. The van der Waals surface area contributed by atoms with Gasteiger partial charge >= 0.3 is 7.12 Å². The lowest BCUT2D eigenvalue weighted by molar-refractivity contribution is -0.383. The molecule has 0 radical (unpaired) electrons. The van der Waals surface area contributed by atoms with Gasteiger partial charge in [0.2, 0.25) is 0 Å². The quantitative estimate of drug-likeness (QED) is 0.419. The summed E-state index contributed by atoms with van der Waals surface area (Å²) in [5, 5.41) is 30.0. The monoisotopic (exact) mass is 352 g/mol. The first-order valence-corrected chi connectivity index (χ1v) is 7.72. The number of hydrogen-bond donors (Lipinski definition) is 2. The summed E-state index contributed by atoms with van der Waals surface area (Å²) >= 11 is 0. The van der Waals surface area contributed by atoms with Crippen LogP contribution in [-0.4, -0.2) is 22.1 Å². The molecule has 0 spiro atoms. The normalized spacial score (nSPS) is 10.4. The minimum Gasteiger partial charge on any atom is -0.423 e. The summed E-state index contributed by atoms with van der Waals surface area (Å²) in [5.41, 5.74) is 0.881. The Kier molecular flexibility index (Phi) is 4.97. The summed E-state index contributed by atoms with van der Waals surface area (Å²) in [6, 6.07) is 18.8. The summed E-state index contributed by atoms with van der Waals surface area (Å²) in [6.07, 6.45) is 0. The molecule has 0 aliphatic rings. The van der Waals surface area contributed by atoms with Gasteiger partial charge in [0.1, 0.15) is 5.82 Å². The van der Waals surface area contributed by atoms with Crippen molar-refractivity contribution in [2.75, 3.05) is 4.90 Å². The molecule has 0 saturated heterocycles. The van der Waals surface area contributed by atoms with Crippen molar-refractivity contribution in [2.24, 2.45) is 0 Å². The average Bonchev–Trinajstić information content (AvgIpc) is 2.62. The van der Waals surface area contributed by atoms with Crippen molar-refractivity contribution in [3.05, 3.63) is 88.7 Å². The molecule has 0 bridgehead atoms. The van der Waals surface area contributed by atoms with Crippen LogP contribution in [0.25, 0.3) is 0 Å². The predicted molar refractivity (Wildman–Crippen MR) is 97.6 cm³/mol. The van der Waals surface area contributed by atoms with Crippen molar-refractivity contribution in [2.45, 2.75) is 0 Å². The van der Waals surface area contributed by atoms with Gasteiger partial charge in [0.05, 0.1) is 16.1 Å². The molecular formula is C18H14BFN2O4. The Bertz CT molecular complexity index is 937. The lowest BCUT2D eigenvalue weighted by Gasteiger charge is -2.25. The number of rotatable bonds is 5. The van der Waals surface area contributed by atoms with Gasteiger partial charge < -0.3 is 14.9 Å². The van der Waals surface area contributed by atoms with E-state index in [9.17, 15) is 24.6 Å². The second-order valence-corrected chi connectivity index (χ2v) is 5.52. The molecule has 26 heavy (non-hydrogen) atoms. The number of para-hydroxylation sites is 1. The number of nitro groups is 1. The van der Waals surface area contributed by atoms with Crippen molar-refractivity contribution in [1.82, 2.24) is 0 Å². The van der Waals surface area contributed by atoms with Gasteiger partial charge in [-0.2, -0.15) is 0 Å². The Morgan fingerprint density at radius 2 is 1.54 bits per heavy atom. The molecule has 6 nitrogen and oxygen atoms in total. The number of nitrogens with zero attached hydrogens (tertiary/aromatic N) is 2. The van der Waals surface area contributed by atoms with Gasteiger partial charge in [-0.15, -0.1) is 0 Å². The lowest BCUT2D eigenvalue weighted by Crippen LogP contribution is -2.32. The molecule has 0 atom stereocenters. The third kappa shape index (κ3) is 3.56. The van der Waals surface area contributed by atoms with Crippen LogP contribution in [0.5, 0.6) is 0 Å². The molecule has 0 amide bonds. The summed E-state index contributed by atoms with van der Waals surface area (Å²) in [4.78, 5) is 12.3. The van der Waals surface area contributed by atoms with E-state index in [0.29, 0.717) is 17.1 Å². The second-order valence-electron chi connectivity index (χ2n) is 5.52. The number of hydrogen-bond acceptors (Lipinski definition) is 5. The van der Waals surface area contributed by atoms with Crippen LogP contribution in [0, 0.1) is 15.9 Å². The Balaban J connectivity index is 2.20. The van der Waals surface area contributed by atoms with Crippen molar-refractivity contribution >= 4 is 35.3 Å². The standard InChI is InChI=1S/C18H14BFN2O4/c20-13-5-4-8-15(11-13)21(14-6-2-1-3-7-14)16-9-10-17(19(23)24)18(12-16)22(25)26/h1-12,23-24H. The highest BCUT2D eigenvalue weighted by Gasteiger charge is 2.26. The summed E-state index contributed by atoms with van der Waals surface area (Å²) in [5.74, 6) is -0.444. The fourth-order valence-electron chi connectivity index (χ4n) is 2.69. The first-order valence-electron chi connectivity index (χ1n) is 7.72. The van der Waals surface area contributed by atoms with E-state index in [1.807, 2.05) is 6.07 Å². The Hall–Kier alpha value is -3.23. The van der Waals surface area contributed by atoms with Gasteiger partial charge in [-0.3, -0.25) is 10.1 Å². The van der Waals surface area contributed by atoms with Gasteiger partial charge in [0.15, 0.2) is 0 Å². The highest BCUT2D eigenvalue weighted by molar-refractivity contribution is 6.60. The van der Waals surface area contributed by atoms with Gasteiger partial charge in [-0.1, -0.05) is 30.3 Å². The Morgan fingerprint density at radius 1 is 0.885 bits per heavy atom. The fourth-order valence-corrected chi connectivity index (χ4v) is 2.69. The van der Waals surface area contributed by atoms with Gasteiger partial charge in [-0.25, -0.2) is 4.39 Å². The molecule has 3 aromatic carbocycles. The molecule has 8 heteroatoms. The summed E-state index contributed by atoms with van der Waals surface area (Å²) in [7, 11) is -1.97. The first-order chi connectivity index (χ1) is 12.5. The van der Waals surface area contributed by atoms with E-state index in [1.165, 1.54) is 30.3 Å². The van der Waals surface area contributed by atoms with Crippen LogP contribution in [0.3, 0.4) is 0 Å². The SMILES string of the molecule is O=[N+]([O-])c1cc(N(c2ccccc2)c2cccc(F)c2)ccc1B(O)O. The van der Waals surface area contributed by atoms with Crippen molar-refractivity contribution in [1.29, 1.82) is 0 Å². The maximum atomic E-state index is 13.7. The summed E-state index contributed by atoms with van der Waals surface area (Å²) < 4.78 is 13.7. The predicted octanol–water partition coefficient (Wildman–Crippen LogP) is 2.88. The first kappa shape index (κ1) is 17.6. The molecular weight excluding hydrogens is 338 g/mol. The smallest absolute Gasteiger partial charge is 0.423 e. The molecule has 3 aromatic rings. The lowest BCUT2D eigenvalue weighted by atomic mass is 9.79. The maximum absolute atomic E-state index is 13.7. The molecule has 130 valence electrons. The zero-order valence-corrected chi connectivity index (χ0v) is 13.5. The van der Waals surface area contributed by atoms with E-state index in [4.69, 9.17) is 0 Å². The van der Waals surface area contributed by atoms with Crippen LogP contribution in [0.4, 0.5) is 27.1 Å². The third-order valence-corrected chi connectivity index (χ3v) is 3.83. The van der Waals surface area contributed by atoms with Crippen LogP contribution in [0.1, 0.15) is 0 Å². The van der Waals surface area contributed by atoms with Crippen LogP contribution < -0.4 is 10.4 Å². The Morgan fingerprint density at radius 3 is 2.15 bits per heavy atom. The van der Waals surface area contributed by atoms with Gasteiger partial charge in [-0.05, 0) is 36.4 Å². The number of halogens is 1. The molecule has 0 heterocycles. The molecule has 0 fully saturated rings. The van der Waals surface area contributed by atoms with Crippen molar-refractivity contribution in [3.8, 4) is 0 Å². The van der Waals surface area contributed by atoms with Crippen molar-refractivity contribution < 1.29 is 19.4 Å². The van der Waals surface area contributed by atoms with E-state index in [0.717, 1.165) is 0 Å². The molecule has 0 aliphatic heterocycles. The molecule has 3 rings (SSSR count). The molecule has 0 aromatic heterocycles. The number of nitro benzene ring substituents is 1. The molecule has 0 saturated carbocycles. The van der Waals surface area contributed by atoms with E-state index >= 15 is 0 Å². The van der Waals surface area contributed by atoms with Crippen molar-refractivity contribution in [3.63, 3.8) is 0 Å². The molecule has 0 aliphatic carbocycles. The van der Waals surface area contributed by atoms with E-state index < -0.39 is 23.5 Å². The van der Waals surface area contributed by atoms with E-state index in [1.54, 1.807) is 41.3 Å². The van der Waals surface area contributed by atoms with E-state index in [2.05, 4.69) is 0 Å². The van der Waals surface area contributed by atoms with Crippen LogP contribution >= 0.6 is 0 Å². The highest BCUT2D eigenvalue weighted by atomic mass is 19.1. The fraction of sp³-hybridized carbons (Fsp3) is 0. The average molecular weight is 352 g/mol. The zero-order chi connectivity index (χ0) is 18.7. The second kappa shape index (κ2) is 7.34. The largest absolute Gasteiger partial charge is 0.495 e. The van der Waals surface area contributed by atoms with E-state index in [-0.39, 0.29) is 5.46 Å². The number of anilines is 3. The minimum absolute atomic E-state index is 0.217. The van der Waals surface area contributed by atoms with Gasteiger partial charge in [0.25, 0.3) is 5.69 Å². The Labute approximate surface area is 149 Å². The topological polar surface area (TPSA) is 86.8 Å². The van der Waals surface area contributed by atoms with Crippen LogP contribution in [0.2, 0.25) is 0 Å². The maximum Gasteiger partial charge on any atom is 0.495 e.